The number of benzene rings is 12. The molecule has 0 aliphatic carbocycles. The Morgan fingerprint density at radius 2 is 0.674 bits per heavy atom. The van der Waals surface area contributed by atoms with Gasteiger partial charge in [-0.25, -0.2) is 29.9 Å². The van der Waals surface area contributed by atoms with E-state index in [2.05, 4.69) is 213 Å². The first-order valence-electron chi connectivity index (χ1n) is 32.8. The first-order chi connectivity index (χ1) is 47.7. The maximum Gasteiger partial charge on any atom is 0.163 e. The molecule has 0 saturated heterocycles. The van der Waals surface area contributed by atoms with E-state index in [1.807, 2.05) is 65.1 Å². The summed E-state index contributed by atoms with van der Waals surface area (Å²) in [5, 5.41) is 16.6. The Kier molecular flexibility index (Phi) is 10.7. The van der Waals surface area contributed by atoms with Crippen molar-refractivity contribution in [3.05, 3.63) is 291 Å². The number of hydrogen-bond donors (Lipinski definition) is 0. The maximum atomic E-state index is 8.65. The first kappa shape index (κ1) is 47.2. The largest absolute Gasteiger partial charge is 0.308 e. The van der Waals surface area contributed by atoms with Gasteiger partial charge in [0, 0.05) is 109 Å². The molecule has 0 aliphatic rings. The van der Waals surface area contributed by atoms with Crippen LogP contribution in [0.2, 0.25) is 0 Å². The van der Waals surface area contributed by atoms with E-state index in [1.165, 1.54) is 94.5 Å². The molecule has 0 N–H and O–H groups in total. The molecule has 8 heterocycles. The average Bonchev–Trinajstić information content (AvgIpc) is 1.55. The van der Waals surface area contributed by atoms with Crippen molar-refractivity contribution in [1.82, 2.24) is 39.0 Å². The van der Waals surface area contributed by atoms with Gasteiger partial charge >= 0.3 is 0 Å². The van der Waals surface area contributed by atoms with Gasteiger partial charge in [0.05, 0.1) is 49.7 Å². The highest BCUT2D eigenvalue weighted by Gasteiger charge is 2.25. The quantitative estimate of drug-likeness (QED) is 0.165. The number of para-hydroxylation sites is 2. The molecule has 0 amide bonds. The molecule has 20 rings (SSSR count). The van der Waals surface area contributed by atoms with E-state index in [1.54, 1.807) is 24.5 Å². The van der Waals surface area contributed by atoms with Crippen molar-refractivity contribution >= 4 is 150 Å². The highest BCUT2D eigenvalue weighted by atomic mass is 32.1. The van der Waals surface area contributed by atoms with Crippen molar-refractivity contribution in [3.63, 3.8) is 0 Å². The van der Waals surface area contributed by atoms with Crippen molar-refractivity contribution < 1.29 is 6.85 Å². The van der Waals surface area contributed by atoms with Crippen LogP contribution in [0.1, 0.15) is 6.85 Å². The molecule has 0 spiro atoms. The number of rotatable bonds is 6. The molecule has 8 nitrogen and oxygen atoms in total. The van der Waals surface area contributed by atoms with Crippen molar-refractivity contribution in [2.24, 2.45) is 0 Å². The molecular weight excluding hydrogens is 1160 g/mol. The average molecular weight is 1210 g/mol. The summed E-state index contributed by atoms with van der Waals surface area (Å²) >= 11 is 3.70. The predicted octanol–water partition coefficient (Wildman–Crippen LogP) is 22.0. The summed E-state index contributed by atoms with van der Waals surface area (Å²) in [5.41, 5.74) is 11.7. The fourth-order valence-corrected chi connectivity index (χ4v) is 16.4. The first-order valence-corrected chi connectivity index (χ1v) is 32.0. The molecule has 0 radical (unpaired) electrons. The summed E-state index contributed by atoms with van der Waals surface area (Å²) < 4.78 is 51.8. The zero-order valence-corrected chi connectivity index (χ0v) is 50.4. The fourth-order valence-electron chi connectivity index (χ4n) is 13.9. The monoisotopic (exact) mass is 1210 g/mol. The number of fused-ring (bicyclic) bond motifs is 22. The lowest BCUT2D eigenvalue weighted by atomic mass is 9.99. The van der Waals surface area contributed by atoms with E-state index >= 15 is 0 Å². The van der Waals surface area contributed by atoms with Gasteiger partial charge in [0.1, 0.15) is 0 Å². The van der Waals surface area contributed by atoms with Crippen LogP contribution in [-0.2, 0) is 0 Å². The number of pyridine rings is 2. The second-order valence-corrected chi connectivity index (χ2v) is 25.0. The Bertz CT molecular complexity index is 6680. The van der Waals surface area contributed by atoms with E-state index in [0.717, 1.165) is 44.6 Å². The van der Waals surface area contributed by atoms with Crippen LogP contribution in [0.15, 0.2) is 291 Å². The normalized spacial score (nSPS) is 12.7. The third-order valence-electron chi connectivity index (χ3n) is 17.8. The van der Waals surface area contributed by atoms with Crippen LogP contribution < -0.4 is 0 Å². The molecule has 428 valence electrons. The Hall–Kier alpha value is -11.8. The second kappa shape index (κ2) is 20.9. The molecule has 0 bridgehead atoms. The Labute approximate surface area is 540 Å². The van der Waals surface area contributed by atoms with Crippen LogP contribution in [-0.4, -0.2) is 39.0 Å². The van der Waals surface area contributed by atoms with Crippen molar-refractivity contribution in [1.29, 1.82) is 0 Å². The minimum absolute atomic E-state index is 0.0177. The molecule has 0 unspecified atom stereocenters. The topological polar surface area (TPSA) is 87.2 Å². The van der Waals surface area contributed by atoms with Gasteiger partial charge in [-0.05, 0) is 119 Å². The predicted molar refractivity (Wildman–Crippen MR) is 386 cm³/mol. The Balaban J connectivity index is 0.000000137. The van der Waals surface area contributed by atoms with Crippen LogP contribution in [0.3, 0.4) is 0 Å². The molecule has 0 atom stereocenters. The van der Waals surface area contributed by atoms with Gasteiger partial charge in [-0.1, -0.05) is 182 Å². The van der Waals surface area contributed by atoms with Crippen molar-refractivity contribution in [2.45, 2.75) is 0 Å². The SMILES string of the molecule is [2H]c1c([2H])c([2H])c(-c2nc(-c3ccc(-n4c5ccccc5c5c6ccccc6c6c7ccccc7sc6c54)cc3)nc3ncccc23)c([2H])c1[2H].c1ccc(-c2nc(-c3ccc(-n4c5ccccc5c5c6ccccc6c6c7ccccc7sc6c54)cc3)nc3ncccc23)cc1. The minimum Gasteiger partial charge on any atom is -0.308 e. The molecule has 92 heavy (non-hydrogen) atoms. The van der Waals surface area contributed by atoms with Gasteiger partial charge in [0.2, 0.25) is 0 Å². The molecular formula is C82H48N8S2. The smallest absolute Gasteiger partial charge is 0.163 e. The van der Waals surface area contributed by atoms with Crippen molar-refractivity contribution in [2.75, 3.05) is 0 Å². The van der Waals surface area contributed by atoms with Crippen LogP contribution in [0.25, 0.3) is 184 Å². The van der Waals surface area contributed by atoms with Gasteiger partial charge in [-0.2, -0.15) is 0 Å². The number of aromatic nitrogens is 8. The highest BCUT2D eigenvalue weighted by Crippen LogP contribution is 2.50. The minimum atomic E-state index is -0.452. The molecule has 20 aromatic rings. The van der Waals surface area contributed by atoms with Crippen LogP contribution in [0.5, 0.6) is 0 Å². The molecule has 12 aromatic carbocycles. The summed E-state index contributed by atoms with van der Waals surface area (Å²) in [4.78, 5) is 28.6. The lowest BCUT2D eigenvalue weighted by molar-refractivity contribution is 1.17. The number of nitrogens with zero attached hydrogens (tertiary/aromatic N) is 8. The van der Waals surface area contributed by atoms with Crippen LogP contribution in [0.4, 0.5) is 0 Å². The molecule has 0 aliphatic heterocycles. The summed E-state index contributed by atoms with van der Waals surface area (Å²) in [7, 11) is 0. The van der Waals surface area contributed by atoms with E-state index in [0.29, 0.717) is 33.9 Å². The molecule has 8 aromatic heterocycles. The summed E-state index contributed by atoms with van der Waals surface area (Å²) in [5.74, 6) is 1.01. The van der Waals surface area contributed by atoms with Gasteiger partial charge in [-0.3, -0.25) is 0 Å². The standard InChI is InChI=1S/2C41H24N4S/c2*1-2-11-25(12-3-1)37-32-17-10-24-42-41(32)44-40(43-37)26-20-22-27(23-21-26)45-33-18-8-6-15-30(33)35-28-13-4-5-14-29(28)36-31-16-7-9-19-34(31)46-39(36)38(35)45/h2*1-24H/i1D,2D,3D,11D,12D;. The zero-order chi connectivity index (χ0) is 64.7. The van der Waals surface area contributed by atoms with Gasteiger partial charge < -0.3 is 9.13 Å². The summed E-state index contributed by atoms with van der Waals surface area (Å²) in [6, 6.07) is 84.8. The lowest BCUT2D eigenvalue weighted by Gasteiger charge is -2.12. The van der Waals surface area contributed by atoms with Gasteiger partial charge in [0.25, 0.3) is 0 Å². The van der Waals surface area contributed by atoms with E-state index in [9.17, 15) is 0 Å². The van der Waals surface area contributed by atoms with Gasteiger partial charge in [0.15, 0.2) is 22.9 Å². The number of thiophene rings is 2. The van der Waals surface area contributed by atoms with E-state index in [-0.39, 0.29) is 23.3 Å². The lowest BCUT2D eigenvalue weighted by Crippen LogP contribution is -1.98. The zero-order valence-electron chi connectivity index (χ0n) is 53.7. The third-order valence-corrected chi connectivity index (χ3v) is 20.2. The van der Waals surface area contributed by atoms with Crippen molar-refractivity contribution in [3.8, 4) is 56.7 Å². The molecule has 10 heteroatoms. The maximum absolute atomic E-state index is 8.65. The summed E-state index contributed by atoms with van der Waals surface area (Å²) in [6.45, 7) is 0. The number of hydrogen-bond acceptors (Lipinski definition) is 8. The molecule has 0 saturated carbocycles. The van der Waals surface area contributed by atoms with Crippen LogP contribution >= 0.6 is 22.7 Å². The van der Waals surface area contributed by atoms with E-state index < -0.39 is 18.1 Å². The van der Waals surface area contributed by atoms with E-state index in [4.69, 9.17) is 26.8 Å². The molecule has 0 fully saturated rings. The van der Waals surface area contributed by atoms with Crippen LogP contribution in [0, 0.1) is 0 Å². The Morgan fingerprint density at radius 3 is 1.14 bits per heavy atom. The highest BCUT2D eigenvalue weighted by molar-refractivity contribution is 7.27. The second-order valence-electron chi connectivity index (χ2n) is 22.8. The fraction of sp³-hybridized carbons (Fsp3) is 0. The third kappa shape index (κ3) is 8.07. The van der Waals surface area contributed by atoms with Gasteiger partial charge in [-0.15, -0.1) is 22.7 Å². The summed E-state index contributed by atoms with van der Waals surface area (Å²) in [6.07, 6.45) is 3.41. The Morgan fingerprint density at radius 1 is 0.293 bits per heavy atom.